The summed E-state index contributed by atoms with van der Waals surface area (Å²) in [5, 5.41) is 0. The lowest BCUT2D eigenvalue weighted by atomic mass is 9.91. The standard InChI is InChI=1S/C13H14BrClFNO/c14-9-4-5-12(16)11(8-9)13(18)17(7-6-15)10-2-1-3-10/h4-5,8,10H,1-3,6-7H2. The molecule has 0 aromatic heterocycles. The van der Waals surface area contributed by atoms with Crippen LogP contribution in [0.3, 0.4) is 0 Å². The molecule has 1 amide bonds. The van der Waals surface area contributed by atoms with Gasteiger partial charge in [-0.25, -0.2) is 4.39 Å². The molecule has 1 aromatic carbocycles. The quantitative estimate of drug-likeness (QED) is 0.767. The van der Waals surface area contributed by atoms with Crippen LogP contribution in [0.1, 0.15) is 29.6 Å². The summed E-state index contributed by atoms with van der Waals surface area (Å²) < 4.78 is 14.4. The predicted octanol–water partition coefficient (Wildman–Crippen LogP) is 3.82. The number of hydrogen-bond donors (Lipinski definition) is 0. The van der Waals surface area contributed by atoms with E-state index >= 15 is 0 Å². The summed E-state index contributed by atoms with van der Waals surface area (Å²) in [6, 6.07) is 4.63. The molecule has 0 aliphatic heterocycles. The van der Waals surface area contributed by atoms with Crippen molar-refractivity contribution in [1.29, 1.82) is 0 Å². The maximum absolute atomic E-state index is 13.7. The van der Waals surface area contributed by atoms with Crippen LogP contribution in [0.2, 0.25) is 0 Å². The van der Waals surface area contributed by atoms with Gasteiger partial charge < -0.3 is 4.90 Å². The van der Waals surface area contributed by atoms with Crippen LogP contribution in [0, 0.1) is 5.82 Å². The van der Waals surface area contributed by atoms with Crippen molar-refractivity contribution in [3.8, 4) is 0 Å². The van der Waals surface area contributed by atoms with Crippen LogP contribution in [0.5, 0.6) is 0 Å². The number of alkyl halides is 1. The minimum absolute atomic E-state index is 0.112. The largest absolute Gasteiger partial charge is 0.334 e. The van der Waals surface area contributed by atoms with Crippen molar-refractivity contribution in [2.45, 2.75) is 25.3 Å². The topological polar surface area (TPSA) is 20.3 Å². The fraction of sp³-hybridized carbons (Fsp3) is 0.462. The van der Waals surface area contributed by atoms with Gasteiger partial charge in [-0.3, -0.25) is 4.79 Å². The summed E-state index contributed by atoms with van der Waals surface area (Å²) >= 11 is 8.98. The molecule has 2 rings (SSSR count). The minimum atomic E-state index is -0.484. The van der Waals surface area contributed by atoms with Gasteiger partial charge in [-0.15, -0.1) is 11.6 Å². The molecule has 18 heavy (non-hydrogen) atoms. The predicted molar refractivity (Wildman–Crippen MR) is 73.5 cm³/mol. The van der Waals surface area contributed by atoms with Crippen molar-refractivity contribution >= 4 is 33.4 Å². The third-order valence-electron chi connectivity index (χ3n) is 3.26. The Morgan fingerprint density at radius 2 is 2.22 bits per heavy atom. The molecule has 98 valence electrons. The van der Waals surface area contributed by atoms with E-state index in [9.17, 15) is 9.18 Å². The third-order valence-corrected chi connectivity index (χ3v) is 3.92. The van der Waals surface area contributed by atoms with Crippen molar-refractivity contribution in [2.24, 2.45) is 0 Å². The zero-order chi connectivity index (χ0) is 13.1. The van der Waals surface area contributed by atoms with Crippen LogP contribution in [-0.4, -0.2) is 29.3 Å². The molecule has 0 atom stereocenters. The number of hydrogen-bond acceptors (Lipinski definition) is 1. The van der Waals surface area contributed by atoms with Gasteiger partial charge in [-0.2, -0.15) is 0 Å². The number of rotatable bonds is 4. The molecular weight excluding hydrogens is 321 g/mol. The van der Waals surface area contributed by atoms with Crippen molar-refractivity contribution in [3.63, 3.8) is 0 Å². The van der Waals surface area contributed by atoms with Crippen molar-refractivity contribution in [1.82, 2.24) is 4.90 Å². The van der Waals surface area contributed by atoms with Gasteiger partial charge in [0.2, 0.25) is 0 Å². The molecule has 0 bridgehead atoms. The number of carbonyl (C=O) groups excluding carboxylic acids is 1. The van der Waals surface area contributed by atoms with Crippen LogP contribution in [0.25, 0.3) is 0 Å². The highest BCUT2D eigenvalue weighted by Crippen LogP contribution is 2.27. The van der Waals surface area contributed by atoms with Crippen LogP contribution in [-0.2, 0) is 0 Å². The Balaban J connectivity index is 2.23. The van der Waals surface area contributed by atoms with Crippen LogP contribution >= 0.6 is 27.5 Å². The molecule has 0 saturated heterocycles. The summed E-state index contributed by atoms with van der Waals surface area (Å²) in [6.45, 7) is 0.469. The first-order valence-corrected chi connectivity index (χ1v) is 7.28. The molecule has 0 unspecified atom stereocenters. The Morgan fingerprint density at radius 1 is 1.50 bits per heavy atom. The van der Waals surface area contributed by atoms with Gasteiger partial charge in [0.15, 0.2) is 0 Å². The number of nitrogens with zero attached hydrogens (tertiary/aromatic N) is 1. The van der Waals surface area contributed by atoms with Crippen molar-refractivity contribution < 1.29 is 9.18 Å². The summed E-state index contributed by atoms with van der Waals surface area (Å²) in [5.74, 6) is -0.376. The molecule has 2 nitrogen and oxygen atoms in total. The summed E-state index contributed by atoms with van der Waals surface area (Å²) in [6.07, 6.45) is 3.09. The molecule has 0 N–H and O–H groups in total. The molecule has 0 spiro atoms. The highest BCUT2D eigenvalue weighted by atomic mass is 79.9. The second kappa shape index (κ2) is 6.02. The van der Waals surface area contributed by atoms with E-state index in [0.29, 0.717) is 16.9 Å². The highest BCUT2D eigenvalue weighted by molar-refractivity contribution is 9.10. The van der Waals surface area contributed by atoms with Crippen LogP contribution in [0.4, 0.5) is 4.39 Å². The Bertz CT molecular complexity index is 451. The molecular formula is C13H14BrClFNO. The van der Waals surface area contributed by atoms with Gasteiger partial charge in [0.05, 0.1) is 5.56 Å². The first-order chi connectivity index (χ1) is 8.63. The monoisotopic (exact) mass is 333 g/mol. The smallest absolute Gasteiger partial charge is 0.257 e. The minimum Gasteiger partial charge on any atom is -0.334 e. The number of carbonyl (C=O) groups is 1. The van der Waals surface area contributed by atoms with Crippen molar-refractivity contribution in [2.75, 3.05) is 12.4 Å². The SMILES string of the molecule is O=C(c1cc(Br)ccc1F)N(CCCl)C1CCC1. The zero-order valence-corrected chi connectivity index (χ0v) is 12.2. The zero-order valence-electron chi connectivity index (χ0n) is 9.83. The van der Waals surface area contributed by atoms with E-state index in [-0.39, 0.29) is 17.5 Å². The van der Waals surface area contributed by atoms with Crippen LogP contribution in [0.15, 0.2) is 22.7 Å². The Labute approximate surface area is 119 Å². The highest BCUT2D eigenvalue weighted by Gasteiger charge is 2.30. The van der Waals surface area contributed by atoms with Gasteiger partial charge >= 0.3 is 0 Å². The van der Waals surface area contributed by atoms with Crippen LogP contribution < -0.4 is 0 Å². The molecule has 1 saturated carbocycles. The Morgan fingerprint density at radius 3 is 2.78 bits per heavy atom. The van der Waals surface area contributed by atoms with Gasteiger partial charge in [0.25, 0.3) is 5.91 Å². The molecule has 1 fully saturated rings. The van der Waals surface area contributed by atoms with Gasteiger partial charge in [-0.1, -0.05) is 15.9 Å². The second-order valence-corrected chi connectivity index (χ2v) is 5.69. The molecule has 5 heteroatoms. The van der Waals surface area contributed by atoms with E-state index in [0.717, 1.165) is 19.3 Å². The average Bonchev–Trinajstić information content (AvgIpc) is 2.28. The molecule has 1 aromatic rings. The maximum atomic E-state index is 13.7. The number of halogens is 3. The lowest BCUT2D eigenvalue weighted by molar-refractivity contribution is 0.0593. The number of amides is 1. The van der Waals surface area contributed by atoms with E-state index in [1.807, 2.05) is 0 Å². The summed E-state index contributed by atoms with van der Waals surface area (Å²) in [5.41, 5.74) is 0.112. The van der Waals surface area contributed by atoms with Gasteiger partial charge in [0.1, 0.15) is 5.82 Å². The van der Waals surface area contributed by atoms with Gasteiger partial charge in [-0.05, 0) is 37.5 Å². The first-order valence-electron chi connectivity index (χ1n) is 5.95. The van der Waals surface area contributed by atoms with E-state index in [2.05, 4.69) is 15.9 Å². The average molecular weight is 335 g/mol. The lowest BCUT2D eigenvalue weighted by Gasteiger charge is -2.37. The number of benzene rings is 1. The lowest BCUT2D eigenvalue weighted by Crippen LogP contribution is -2.45. The summed E-state index contributed by atoms with van der Waals surface area (Å²) in [7, 11) is 0. The molecule has 1 aliphatic rings. The molecule has 1 aliphatic carbocycles. The fourth-order valence-corrected chi connectivity index (χ4v) is 2.60. The normalized spacial score (nSPS) is 15.3. The first kappa shape index (κ1) is 13.8. The molecule has 0 heterocycles. The van der Waals surface area contributed by atoms with E-state index in [1.54, 1.807) is 11.0 Å². The van der Waals surface area contributed by atoms with Crippen molar-refractivity contribution in [3.05, 3.63) is 34.1 Å². The Hall–Kier alpha value is -0.610. The summed E-state index contributed by atoms with van der Waals surface area (Å²) in [4.78, 5) is 14.0. The molecule has 0 radical (unpaired) electrons. The maximum Gasteiger partial charge on any atom is 0.257 e. The third kappa shape index (κ3) is 2.86. The fourth-order valence-electron chi connectivity index (χ4n) is 2.06. The van der Waals surface area contributed by atoms with E-state index in [4.69, 9.17) is 11.6 Å². The second-order valence-electron chi connectivity index (χ2n) is 4.40. The van der Waals surface area contributed by atoms with Gasteiger partial charge in [0, 0.05) is 22.9 Å². The Kier molecular flexibility index (Phi) is 4.62. The van der Waals surface area contributed by atoms with E-state index < -0.39 is 5.82 Å². The van der Waals surface area contributed by atoms with E-state index in [1.165, 1.54) is 12.1 Å².